The molecule has 0 aliphatic heterocycles. The predicted molar refractivity (Wildman–Crippen MR) is 101 cm³/mol. The van der Waals surface area contributed by atoms with Crippen LogP contribution >= 0.6 is 0 Å². The second-order valence-corrected chi connectivity index (χ2v) is 6.83. The zero-order valence-electron chi connectivity index (χ0n) is 15.4. The SMILES string of the molecule is CC(C)(CCCCCOC(=O)c1ccccc1)OC(=O)c1ccccc1. The molecule has 2 aromatic rings. The van der Waals surface area contributed by atoms with Crippen LogP contribution in [0.1, 0.15) is 60.2 Å². The van der Waals surface area contributed by atoms with Crippen LogP contribution in [0.4, 0.5) is 0 Å². The maximum Gasteiger partial charge on any atom is 0.338 e. The fourth-order valence-corrected chi connectivity index (χ4v) is 2.59. The molecule has 2 aromatic carbocycles. The van der Waals surface area contributed by atoms with Gasteiger partial charge in [-0.3, -0.25) is 0 Å². The Labute approximate surface area is 155 Å². The molecule has 0 radical (unpaired) electrons. The first-order valence-corrected chi connectivity index (χ1v) is 8.98. The molecule has 0 spiro atoms. The molecule has 0 saturated heterocycles. The summed E-state index contributed by atoms with van der Waals surface area (Å²) in [5.41, 5.74) is 0.614. The Balaban J connectivity index is 1.62. The summed E-state index contributed by atoms with van der Waals surface area (Å²) in [6.45, 7) is 4.24. The molecule has 0 amide bonds. The van der Waals surface area contributed by atoms with E-state index in [9.17, 15) is 9.59 Å². The van der Waals surface area contributed by atoms with Crippen LogP contribution in [0.2, 0.25) is 0 Å². The van der Waals surface area contributed by atoms with Crippen molar-refractivity contribution >= 4 is 11.9 Å². The van der Waals surface area contributed by atoms with Crippen molar-refractivity contribution in [3.8, 4) is 0 Å². The quantitative estimate of drug-likeness (QED) is 0.468. The molecule has 0 aliphatic carbocycles. The van der Waals surface area contributed by atoms with Crippen LogP contribution in [-0.4, -0.2) is 24.1 Å². The third kappa shape index (κ3) is 6.71. The maximum absolute atomic E-state index is 12.1. The molecular weight excluding hydrogens is 328 g/mol. The van der Waals surface area contributed by atoms with Crippen LogP contribution in [0.3, 0.4) is 0 Å². The number of benzene rings is 2. The van der Waals surface area contributed by atoms with Gasteiger partial charge in [-0.15, -0.1) is 0 Å². The molecule has 0 heterocycles. The lowest BCUT2D eigenvalue weighted by atomic mass is 10.00. The van der Waals surface area contributed by atoms with E-state index in [2.05, 4.69) is 0 Å². The first-order chi connectivity index (χ1) is 12.5. The minimum atomic E-state index is -0.520. The summed E-state index contributed by atoms with van der Waals surface area (Å²) in [6, 6.07) is 18.0. The zero-order chi connectivity index (χ0) is 18.8. The Kier molecular flexibility index (Phi) is 7.39. The molecule has 138 valence electrons. The van der Waals surface area contributed by atoms with Gasteiger partial charge in [0.25, 0.3) is 0 Å². The van der Waals surface area contributed by atoms with Gasteiger partial charge in [0.1, 0.15) is 5.60 Å². The molecule has 26 heavy (non-hydrogen) atoms. The lowest BCUT2D eigenvalue weighted by Crippen LogP contribution is -2.28. The van der Waals surface area contributed by atoms with Crippen molar-refractivity contribution in [1.29, 1.82) is 0 Å². The fourth-order valence-electron chi connectivity index (χ4n) is 2.59. The van der Waals surface area contributed by atoms with Crippen molar-refractivity contribution < 1.29 is 19.1 Å². The van der Waals surface area contributed by atoms with E-state index in [1.165, 1.54) is 0 Å². The number of hydrogen-bond acceptors (Lipinski definition) is 4. The summed E-state index contributed by atoms with van der Waals surface area (Å²) in [7, 11) is 0. The molecule has 4 heteroatoms. The van der Waals surface area contributed by atoms with Crippen molar-refractivity contribution in [3.63, 3.8) is 0 Å². The Morgan fingerprint density at radius 3 is 1.88 bits per heavy atom. The van der Waals surface area contributed by atoms with Gasteiger partial charge in [0.15, 0.2) is 0 Å². The smallest absolute Gasteiger partial charge is 0.338 e. The highest BCUT2D eigenvalue weighted by Crippen LogP contribution is 2.20. The number of ether oxygens (including phenoxy) is 2. The van der Waals surface area contributed by atoms with Gasteiger partial charge in [0.05, 0.1) is 17.7 Å². The minimum Gasteiger partial charge on any atom is -0.462 e. The van der Waals surface area contributed by atoms with Crippen LogP contribution in [0.15, 0.2) is 60.7 Å². The summed E-state index contributed by atoms with van der Waals surface area (Å²) in [4.78, 5) is 23.9. The number of unbranched alkanes of at least 4 members (excludes halogenated alkanes) is 2. The van der Waals surface area contributed by atoms with Crippen LogP contribution in [0.5, 0.6) is 0 Å². The highest BCUT2D eigenvalue weighted by molar-refractivity contribution is 5.89. The number of esters is 2. The van der Waals surface area contributed by atoms with Crippen LogP contribution < -0.4 is 0 Å². The summed E-state index contributed by atoms with van der Waals surface area (Å²) in [5, 5.41) is 0. The van der Waals surface area contributed by atoms with Gasteiger partial charge in [-0.25, -0.2) is 9.59 Å². The molecular formula is C22H26O4. The van der Waals surface area contributed by atoms with E-state index in [1.54, 1.807) is 24.3 Å². The number of rotatable bonds is 9. The summed E-state index contributed by atoms with van der Waals surface area (Å²) >= 11 is 0. The molecule has 0 bridgehead atoms. The van der Waals surface area contributed by atoms with Gasteiger partial charge >= 0.3 is 11.9 Å². The monoisotopic (exact) mass is 354 g/mol. The third-order valence-electron chi connectivity index (χ3n) is 4.04. The lowest BCUT2D eigenvalue weighted by molar-refractivity contribution is -0.00578. The van der Waals surface area contributed by atoms with Gasteiger partial charge in [-0.2, -0.15) is 0 Å². The molecule has 4 nitrogen and oxygen atoms in total. The van der Waals surface area contributed by atoms with Crippen molar-refractivity contribution in [1.82, 2.24) is 0 Å². The number of carbonyl (C=O) groups is 2. The Bertz CT molecular complexity index is 693. The Morgan fingerprint density at radius 2 is 1.31 bits per heavy atom. The summed E-state index contributed by atoms with van der Waals surface area (Å²) < 4.78 is 10.9. The van der Waals surface area contributed by atoms with Crippen LogP contribution in [0, 0.1) is 0 Å². The van der Waals surface area contributed by atoms with Gasteiger partial charge in [-0.1, -0.05) is 36.4 Å². The van der Waals surface area contributed by atoms with E-state index in [4.69, 9.17) is 9.47 Å². The Hall–Kier alpha value is -2.62. The normalized spacial score (nSPS) is 11.0. The molecule has 0 N–H and O–H groups in total. The predicted octanol–water partition coefficient (Wildman–Crippen LogP) is 5.04. The van der Waals surface area contributed by atoms with Gasteiger partial charge in [0, 0.05) is 0 Å². The van der Waals surface area contributed by atoms with Gasteiger partial charge in [0.2, 0.25) is 0 Å². The topological polar surface area (TPSA) is 52.6 Å². The number of carbonyl (C=O) groups excluding carboxylic acids is 2. The highest BCUT2D eigenvalue weighted by atomic mass is 16.6. The average Bonchev–Trinajstić information content (AvgIpc) is 2.65. The van der Waals surface area contributed by atoms with E-state index < -0.39 is 5.60 Å². The molecule has 0 atom stereocenters. The van der Waals surface area contributed by atoms with Gasteiger partial charge in [-0.05, 0) is 63.8 Å². The zero-order valence-corrected chi connectivity index (χ0v) is 15.4. The minimum absolute atomic E-state index is 0.289. The maximum atomic E-state index is 12.1. The van der Waals surface area contributed by atoms with E-state index in [1.807, 2.05) is 50.2 Å². The van der Waals surface area contributed by atoms with Crippen molar-refractivity contribution in [2.45, 2.75) is 45.1 Å². The van der Waals surface area contributed by atoms with Crippen molar-refractivity contribution in [2.24, 2.45) is 0 Å². The first kappa shape index (κ1) is 19.7. The van der Waals surface area contributed by atoms with E-state index >= 15 is 0 Å². The van der Waals surface area contributed by atoms with E-state index in [0.717, 1.165) is 25.7 Å². The third-order valence-corrected chi connectivity index (χ3v) is 4.04. The summed E-state index contributed by atoms with van der Waals surface area (Å²) in [6.07, 6.45) is 3.37. The molecule has 2 rings (SSSR count). The van der Waals surface area contributed by atoms with Crippen molar-refractivity contribution in [3.05, 3.63) is 71.8 Å². The van der Waals surface area contributed by atoms with E-state index in [0.29, 0.717) is 17.7 Å². The molecule has 0 unspecified atom stereocenters. The average molecular weight is 354 g/mol. The standard InChI is InChI=1S/C22H26O4/c1-22(2,26-21(24)19-14-8-4-9-15-19)16-10-5-11-17-25-20(23)18-12-6-3-7-13-18/h3-4,6-9,12-15H,5,10-11,16-17H2,1-2H3. The van der Waals surface area contributed by atoms with Crippen LogP contribution in [0.25, 0.3) is 0 Å². The molecule has 0 aliphatic rings. The highest BCUT2D eigenvalue weighted by Gasteiger charge is 2.23. The Morgan fingerprint density at radius 1 is 0.769 bits per heavy atom. The van der Waals surface area contributed by atoms with E-state index in [-0.39, 0.29) is 11.9 Å². The molecule has 0 aromatic heterocycles. The van der Waals surface area contributed by atoms with Gasteiger partial charge < -0.3 is 9.47 Å². The second kappa shape index (κ2) is 9.76. The second-order valence-electron chi connectivity index (χ2n) is 6.83. The lowest BCUT2D eigenvalue weighted by Gasteiger charge is -2.25. The number of hydrogen-bond donors (Lipinski definition) is 0. The fraction of sp³-hybridized carbons (Fsp3) is 0.364. The van der Waals surface area contributed by atoms with Crippen LogP contribution in [-0.2, 0) is 9.47 Å². The van der Waals surface area contributed by atoms with Crippen molar-refractivity contribution in [2.75, 3.05) is 6.61 Å². The largest absolute Gasteiger partial charge is 0.462 e. The summed E-state index contributed by atoms with van der Waals surface area (Å²) in [5.74, 6) is -0.588. The molecule has 0 fully saturated rings. The first-order valence-electron chi connectivity index (χ1n) is 8.98. The molecule has 0 saturated carbocycles.